The van der Waals surface area contributed by atoms with Crippen LogP contribution in [0.4, 0.5) is 5.69 Å². The average molecular weight is 297 g/mol. The first-order valence-corrected chi connectivity index (χ1v) is 6.88. The standard InChI is InChI=1S/C15H15N5O2/c1-9-12-6-4-5-7-13(12)17-14(16-9)8-19-11(3)15(20(21)22)10(2)18-19/h4-7H,8H2,1-3H3. The van der Waals surface area contributed by atoms with Crippen molar-refractivity contribution < 1.29 is 4.92 Å². The predicted molar refractivity (Wildman–Crippen MR) is 81.7 cm³/mol. The number of para-hydroxylation sites is 1. The summed E-state index contributed by atoms with van der Waals surface area (Å²) in [6.07, 6.45) is 0. The Bertz CT molecular complexity index is 885. The second-order valence-corrected chi connectivity index (χ2v) is 5.18. The van der Waals surface area contributed by atoms with Gasteiger partial charge in [0.05, 0.1) is 10.4 Å². The number of hydrogen-bond acceptors (Lipinski definition) is 5. The smallest absolute Gasteiger partial charge is 0.258 e. The lowest BCUT2D eigenvalue weighted by atomic mass is 10.2. The Morgan fingerprint density at radius 1 is 1.14 bits per heavy atom. The summed E-state index contributed by atoms with van der Waals surface area (Å²) in [5, 5.41) is 16.3. The first kappa shape index (κ1) is 14.1. The Kier molecular flexibility index (Phi) is 3.32. The van der Waals surface area contributed by atoms with Crippen LogP contribution in [0.25, 0.3) is 10.9 Å². The van der Waals surface area contributed by atoms with Crippen LogP contribution < -0.4 is 0 Å². The summed E-state index contributed by atoms with van der Waals surface area (Å²) in [6.45, 7) is 5.56. The molecule has 0 unspecified atom stereocenters. The molecule has 3 aromatic rings. The second kappa shape index (κ2) is 5.18. The van der Waals surface area contributed by atoms with Crippen molar-refractivity contribution in [3.63, 3.8) is 0 Å². The van der Waals surface area contributed by atoms with Crippen molar-refractivity contribution in [3.05, 3.63) is 57.3 Å². The Hall–Kier alpha value is -2.83. The number of nitrogens with zero attached hydrogens (tertiary/aromatic N) is 5. The molecule has 0 spiro atoms. The minimum Gasteiger partial charge on any atom is -0.258 e. The number of benzene rings is 1. The summed E-state index contributed by atoms with van der Waals surface area (Å²) in [6, 6.07) is 7.77. The normalized spacial score (nSPS) is 11.0. The van der Waals surface area contributed by atoms with Crippen molar-refractivity contribution in [1.82, 2.24) is 19.7 Å². The molecule has 2 heterocycles. The fourth-order valence-electron chi connectivity index (χ4n) is 2.61. The molecule has 0 N–H and O–H groups in total. The molecule has 0 aliphatic rings. The minimum atomic E-state index is -0.402. The van der Waals surface area contributed by atoms with Crippen LogP contribution in [0.15, 0.2) is 24.3 Å². The molecule has 1 aromatic carbocycles. The van der Waals surface area contributed by atoms with Crippen LogP contribution >= 0.6 is 0 Å². The quantitative estimate of drug-likeness (QED) is 0.548. The molecular formula is C15H15N5O2. The molecule has 0 saturated heterocycles. The lowest BCUT2D eigenvalue weighted by molar-refractivity contribution is -0.386. The van der Waals surface area contributed by atoms with Gasteiger partial charge in [-0.05, 0) is 26.8 Å². The number of rotatable bonds is 3. The molecule has 7 nitrogen and oxygen atoms in total. The van der Waals surface area contributed by atoms with Gasteiger partial charge in [-0.25, -0.2) is 9.97 Å². The van der Waals surface area contributed by atoms with Gasteiger partial charge in [0.2, 0.25) is 0 Å². The van der Waals surface area contributed by atoms with E-state index in [1.54, 1.807) is 18.5 Å². The van der Waals surface area contributed by atoms with E-state index in [-0.39, 0.29) is 5.69 Å². The highest BCUT2D eigenvalue weighted by Gasteiger charge is 2.22. The van der Waals surface area contributed by atoms with Crippen molar-refractivity contribution >= 4 is 16.6 Å². The monoisotopic (exact) mass is 297 g/mol. The van der Waals surface area contributed by atoms with Gasteiger partial charge in [0.1, 0.15) is 17.9 Å². The Morgan fingerprint density at radius 2 is 1.86 bits per heavy atom. The molecular weight excluding hydrogens is 282 g/mol. The summed E-state index contributed by atoms with van der Waals surface area (Å²) < 4.78 is 1.58. The fourth-order valence-corrected chi connectivity index (χ4v) is 2.61. The van der Waals surface area contributed by atoms with Crippen molar-refractivity contribution in [2.24, 2.45) is 0 Å². The molecule has 2 aromatic heterocycles. The minimum absolute atomic E-state index is 0.0533. The Labute approximate surface area is 126 Å². The van der Waals surface area contributed by atoms with Crippen LogP contribution in [0.3, 0.4) is 0 Å². The van der Waals surface area contributed by atoms with Crippen LogP contribution in [0, 0.1) is 30.9 Å². The molecule has 3 rings (SSSR count). The molecule has 0 atom stereocenters. The molecule has 112 valence electrons. The zero-order valence-electron chi connectivity index (χ0n) is 12.6. The highest BCUT2D eigenvalue weighted by molar-refractivity contribution is 5.80. The van der Waals surface area contributed by atoms with E-state index >= 15 is 0 Å². The fraction of sp³-hybridized carbons (Fsp3) is 0.267. The van der Waals surface area contributed by atoms with E-state index < -0.39 is 4.92 Å². The molecule has 0 saturated carbocycles. The zero-order chi connectivity index (χ0) is 15.9. The van der Waals surface area contributed by atoms with Crippen molar-refractivity contribution in [1.29, 1.82) is 0 Å². The summed E-state index contributed by atoms with van der Waals surface area (Å²) in [5.74, 6) is 0.594. The first-order chi connectivity index (χ1) is 10.5. The number of aryl methyl sites for hydroxylation is 2. The molecule has 7 heteroatoms. The first-order valence-electron chi connectivity index (χ1n) is 6.88. The molecule has 22 heavy (non-hydrogen) atoms. The Balaban J connectivity index is 2.04. The van der Waals surface area contributed by atoms with Gasteiger partial charge in [-0.15, -0.1) is 0 Å². The maximum Gasteiger partial charge on any atom is 0.312 e. The third kappa shape index (κ3) is 2.30. The van der Waals surface area contributed by atoms with Crippen LogP contribution in [0.5, 0.6) is 0 Å². The van der Waals surface area contributed by atoms with Crippen LogP contribution in [-0.2, 0) is 6.54 Å². The van der Waals surface area contributed by atoms with E-state index in [0.717, 1.165) is 16.6 Å². The summed E-state index contributed by atoms with van der Waals surface area (Å²) >= 11 is 0. The third-order valence-electron chi connectivity index (χ3n) is 3.66. The number of hydrogen-bond donors (Lipinski definition) is 0. The van der Waals surface area contributed by atoms with Crippen LogP contribution in [0.2, 0.25) is 0 Å². The summed E-state index contributed by atoms with van der Waals surface area (Å²) in [4.78, 5) is 19.7. The lowest BCUT2D eigenvalue weighted by Crippen LogP contribution is -2.09. The topological polar surface area (TPSA) is 86.7 Å². The van der Waals surface area contributed by atoms with Crippen molar-refractivity contribution in [3.8, 4) is 0 Å². The number of fused-ring (bicyclic) bond motifs is 1. The van der Waals surface area contributed by atoms with Crippen molar-refractivity contribution in [2.45, 2.75) is 27.3 Å². The second-order valence-electron chi connectivity index (χ2n) is 5.18. The van der Waals surface area contributed by atoms with Gasteiger partial charge in [-0.2, -0.15) is 5.10 Å². The maximum absolute atomic E-state index is 11.1. The van der Waals surface area contributed by atoms with Gasteiger partial charge < -0.3 is 0 Å². The highest BCUT2D eigenvalue weighted by Crippen LogP contribution is 2.22. The van der Waals surface area contributed by atoms with Gasteiger partial charge in [0.25, 0.3) is 0 Å². The molecule has 0 bridgehead atoms. The zero-order valence-corrected chi connectivity index (χ0v) is 12.6. The SMILES string of the molecule is Cc1nn(Cc2nc(C)c3ccccc3n2)c(C)c1[N+](=O)[O-]. The van der Waals surface area contributed by atoms with E-state index in [0.29, 0.717) is 23.8 Å². The van der Waals surface area contributed by atoms with Gasteiger partial charge in [-0.1, -0.05) is 18.2 Å². The van der Waals surface area contributed by atoms with Crippen molar-refractivity contribution in [2.75, 3.05) is 0 Å². The third-order valence-corrected chi connectivity index (χ3v) is 3.66. The van der Waals surface area contributed by atoms with Gasteiger partial charge in [-0.3, -0.25) is 14.8 Å². The van der Waals surface area contributed by atoms with E-state index in [2.05, 4.69) is 15.1 Å². The van der Waals surface area contributed by atoms with E-state index in [1.165, 1.54) is 0 Å². The number of aromatic nitrogens is 4. The summed E-state index contributed by atoms with van der Waals surface area (Å²) in [7, 11) is 0. The largest absolute Gasteiger partial charge is 0.312 e. The molecule has 0 amide bonds. The van der Waals surface area contributed by atoms with Crippen LogP contribution in [-0.4, -0.2) is 24.7 Å². The summed E-state index contributed by atoms with van der Waals surface area (Å²) in [5.41, 5.74) is 2.71. The van der Waals surface area contributed by atoms with E-state index in [4.69, 9.17) is 0 Å². The number of nitro groups is 1. The Morgan fingerprint density at radius 3 is 2.55 bits per heavy atom. The maximum atomic E-state index is 11.1. The van der Waals surface area contributed by atoms with E-state index in [9.17, 15) is 10.1 Å². The lowest BCUT2D eigenvalue weighted by Gasteiger charge is -2.06. The van der Waals surface area contributed by atoms with E-state index in [1.807, 2.05) is 31.2 Å². The van der Waals surface area contributed by atoms with Gasteiger partial charge >= 0.3 is 5.69 Å². The van der Waals surface area contributed by atoms with Gasteiger partial charge in [0, 0.05) is 11.1 Å². The molecule has 0 radical (unpaired) electrons. The predicted octanol–water partition coefficient (Wildman–Crippen LogP) is 2.71. The van der Waals surface area contributed by atoms with Gasteiger partial charge in [0.15, 0.2) is 5.82 Å². The molecule has 0 fully saturated rings. The van der Waals surface area contributed by atoms with Crippen LogP contribution in [0.1, 0.15) is 22.9 Å². The molecule has 0 aliphatic carbocycles. The molecule has 0 aliphatic heterocycles. The average Bonchev–Trinajstić information content (AvgIpc) is 2.73. The highest BCUT2D eigenvalue weighted by atomic mass is 16.6.